The maximum absolute atomic E-state index is 13.8. The van der Waals surface area contributed by atoms with Gasteiger partial charge in [-0.05, 0) is 48.7 Å². The smallest absolute Gasteiger partial charge is 0.243 e. The minimum Gasteiger partial charge on any atom is -0.493 e. The second kappa shape index (κ2) is 13.9. The molecule has 0 aliphatic heterocycles. The highest BCUT2D eigenvalue weighted by Gasteiger charge is 2.31. The van der Waals surface area contributed by atoms with Crippen LogP contribution >= 0.6 is 23.2 Å². The van der Waals surface area contributed by atoms with Gasteiger partial charge in [0.2, 0.25) is 11.8 Å². The molecular formula is C29H32Cl2N2O4. The minimum absolute atomic E-state index is 0.109. The number of carbonyl (C=O) groups is 2. The molecule has 0 radical (unpaired) electrons. The normalized spacial score (nSPS) is 11.5. The summed E-state index contributed by atoms with van der Waals surface area (Å²) in [6.07, 6.45) is 0.999. The lowest BCUT2D eigenvalue weighted by Gasteiger charge is -2.32. The Morgan fingerprint density at radius 3 is 2.19 bits per heavy atom. The largest absolute Gasteiger partial charge is 0.493 e. The van der Waals surface area contributed by atoms with Gasteiger partial charge in [0.15, 0.2) is 11.5 Å². The zero-order valence-corrected chi connectivity index (χ0v) is 22.8. The number of hydrogen-bond donors (Lipinski definition) is 1. The summed E-state index contributed by atoms with van der Waals surface area (Å²) < 4.78 is 10.7. The summed E-state index contributed by atoms with van der Waals surface area (Å²) >= 11 is 12.9. The van der Waals surface area contributed by atoms with Gasteiger partial charge in [0, 0.05) is 41.5 Å². The molecule has 0 bridgehead atoms. The lowest BCUT2D eigenvalue weighted by atomic mass is 10.0. The highest BCUT2D eigenvalue weighted by Crippen LogP contribution is 2.29. The van der Waals surface area contributed by atoms with Gasteiger partial charge in [0.05, 0.1) is 14.2 Å². The second-order valence-corrected chi connectivity index (χ2v) is 9.33. The molecule has 3 rings (SSSR count). The van der Waals surface area contributed by atoms with Crippen LogP contribution in [0.15, 0.2) is 66.7 Å². The Morgan fingerprint density at radius 1 is 0.892 bits per heavy atom. The van der Waals surface area contributed by atoms with Crippen LogP contribution in [-0.4, -0.2) is 43.5 Å². The molecule has 0 fully saturated rings. The third kappa shape index (κ3) is 7.63. The summed E-state index contributed by atoms with van der Waals surface area (Å²) in [5, 5.41) is 3.78. The van der Waals surface area contributed by atoms with Gasteiger partial charge >= 0.3 is 0 Å². The quantitative estimate of drug-likeness (QED) is 0.317. The van der Waals surface area contributed by atoms with E-state index in [1.807, 2.05) is 55.5 Å². The molecule has 0 heterocycles. The lowest BCUT2D eigenvalue weighted by Crippen LogP contribution is -2.50. The molecule has 3 aromatic carbocycles. The Labute approximate surface area is 228 Å². The number of benzene rings is 3. The maximum atomic E-state index is 13.8. The number of carbonyl (C=O) groups excluding carboxylic acids is 2. The molecule has 0 aliphatic rings. The van der Waals surface area contributed by atoms with Crippen molar-refractivity contribution in [2.75, 3.05) is 20.8 Å². The average molecular weight is 543 g/mol. The van der Waals surface area contributed by atoms with E-state index in [0.29, 0.717) is 46.5 Å². The van der Waals surface area contributed by atoms with Gasteiger partial charge in [-0.2, -0.15) is 0 Å². The first-order chi connectivity index (χ1) is 17.9. The molecule has 1 N–H and O–H groups in total. The lowest BCUT2D eigenvalue weighted by molar-refractivity contribution is -0.141. The molecule has 0 aromatic heterocycles. The van der Waals surface area contributed by atoms with E-state index in [0.717, 1.165) is 11.1 Å². The molecule has 3 aromatic rings. The average Bonchev–Trinajstić information content (AvgIpc) is 2.91. The highest BCUT2D eigenvalue weighted by atomic mass is 35.5. The Bertz CT molecular complexity index is 1180. The van der Waals surface area contributed by atoms with Crippen LogP contribution in [0.3, 0.4) is 0 Å². The number of likely N-dealkylation sites (N-methyl/N-ethyl adjacent to an activating group) is 1. The van der Waals surface area contributed by atoms with E-state index in [4.69, 9.17) is 32.7 Å². The van der Waals surface area contributed by atoms with Crippen LogP contribution in [0.4, 0.5) is 0 Å². The number of ether oxygens (including phenoxy) is 2. The van der Waals surface area contributed by atoms with E-state index >= 15 is 0 Å². The molecule has 6 nitrogen and oxygen atoms in total. The maximum Gasteiger partial charge on any atom is 0.243 e. The van der Waals surface area contributed by atoms with Crippen LogP contribution in [0.5, 0.6) is 11.5 Å². The van der Waals surface area contributed by atoms with E-state index in [-0.39, 0.29) is 24.8 Å². The van der Waals surface area contributed by atoms with Gasteiger partial charge in [0.1, 0.15) is 6.04 Å². The number of aryl methyl sites for hydroxylation is 1. The fourth-order valence-electron chi connectivity index (χ4n) is 4.13. The number of nitrogens with one attached hydrogen (secondary N) is 1. The predicted octanol–water partition coefficient (Wildman–Crippen LogP) is 5.72. The molecule has 0 aliphatic carbocycles. The van der Waals surface area contributed by atoms with E-state index in [9.17, 15) is 9.59 Å². The van der Waals surface area contributed by atoms with Gasteiger partial charge in [-0.25, -0.2) is 0 Å². The first-order valence-electron chi connectivity index (χ1n) is 12.1. The van der Waals surface area contributed by atoms with E-state index < -0.39 is 6.04 Å². The topological polar surface area (TPSA) is 67.9 Å². The van der Waals surface area contributed by atoms with Crippen molar-refractivity contribution in [3.8, 4) is 11.5 Å². The molecule has 196 valence electrons. The number of halogens is 2. The van der Waals surface area contributed by atoms with E-state index in [1.165, 1.54) is 0 Å². The van der Waals surface area contributed by atoms with Gasteiger partial charge in [-0.1, -0.05) is 65.7 Å². The number of amides is 2. The molecule has 0 spiro atoms. The van der Waals surface area contributed by atoms with Crippen LogP contribution in [0.2, 0.25) is 10.0 Å². The molecule has 0 saturated carbocycles. The standard InChI is InChI=1S/C29H32Cl2N2O4/c1-4-32-29(35)25(17-20-9-6-5-7-10-20)33(19-22-23(30)11-8-12-24(22)31)28(34)16-14-21-13-15-26(36-2)27(18-21)37-3/h5-13,15,18,25H,4,14,16-17,19H2,1-3H3,(H,32,35). The van der Waals surface area contributed by atoms with Crippen LogP contribution in [0.25, 0.3) is 0 Å². The third-order valence-electron chi connectivity index (χ3n) is 6.09. The predicted molar refractivity (Wildman–Crippen MR) is 147 cm³/mol. The molecule has 1 atom stereocenters. The van der Waals surface area contributed by atoms with Gasteiger partial charge in [-0.15, -0.1) is 0 Å². The summed E-state index contributed by atoms with van der Waals surface area (Å²) in [6.45, 7) is 2.41. The second-order valence-electron chi connectivity index (χ2n) is 8.51. The van der Waals surface area contributed by atoms with Crippen molar-refractivity contribution in [3.63, 3.8) is 0 Å². The zero-order chi connectivity index (χ0) is 26.8. The third-order valence-corrected chi connectivity index (χ3v) is 6.80. The molecule has 1 unspecified atom stereocenters. The fourth-order valence-corrected chi connectivity index (χ4v) is 4.65. The molecule has 2 amide bonds. The SMILES string of the molecule is CCNC(=O)C(Cc1ccccc1)N(Cc1c(Cl)cccc1Cl)C(=O)CCc1ccc(OC)c(OC)c1. The first kappa shape index (κ1) is 28.4. The van der Waals surface area contributed by atoms with Crippen molar-refractivity contribution < 1.29 is 19.1 Å². The summed E-state index contributed by atoms with van der Waals surface area (Å²) in [4.78, 5) is 28.6. The van der Waals surface area contributed by atoms with E-state index in [1.54, 1.807) is 37.3 Å². The van der Waals surface area contributed by atoms with Gasteiger partial charge in [0.25, 0.3) is 0 Å². The minimum atomic E-state index is -0.743. The van der Waals surface area contributed by atoms with Crippen molar-refractivity contribution in [2.24, 2.45) is 0 Å². The summed E-state index contributed by atoms with van der Waals surface area (Å²) in [5.41, 5.74) is 2.47. The number of nitrogens with zero attached hydrogens (tertiary/aromatic N) is 1. The van der Waals surface area contributed by atoms with Crippen LogP contribution < -0.4 is 14.8 Å². The van der Waals surface area contributed by atoms with Crippen molar-refractivity contribution in [2.45, 2.75) is 38.8 Å². The number of rotatable bonds is 12. The Hall–Kier alpha value is -3.22. The summed E-state index contributed by atoms with van der Waals surface area (Å²) in [5.74, 6) is 0.801. The molecule has 0 saturated heterocycles. The van der Waals surface area contributed by atoms with Crippen LogP contribution in [-0.2, 0) is 29.0 Å². The molecular weight excluding hydrogens is 511 g/mol. The van der Waals surface area contributed by atoms with Crippen LogP contribution in [0.1, 0.15) is 30.0 Å². The van der Waals surface area contributed by atoms with Crippen molar-refractivity contribution in [1.29, 1.82) is 0 Å². The summed E-state index contributed by atoms with van der Waals surface area (Å²) in [6, 6.07) is 19.7. The summed E-state index contributed by atoms with van der Waals surface area (Å²) in [7, 11) is 3.15. The monoisotopic (exact) mass is 542 g/mol. The highest BCUT2D eigenvalue weighted by molar-refractivity contribution is 6.36. The van der Waals surface area contributed by atoms with Crippen molar-refractivity contribution in [1.82, 2.24) is 10.2 Å². The molecule has 37 heavy (non-hydrogen) atoms. The van der Waals surface area contributed by atoms with Gasteiger partial charge < -0.3 is 19.7 Å². The Balaban J connectivity index is 1.93. The Morgan fingerprint density at radius 2 is 1.57 bits per heavy atom. The fraction of sp³-hybridized carbons (Fsp3) is 0.310. The van der Waals surface area contributed by atoms with Gasteiger partial charge in [-0.3, -0.25) is 9.59 Å². The number of hydrogen-bond acceptors (Lipinski definition) is 4. The zero-order valence-electron chi connectivity index (χ0n) is 21.3. The van der Waals surface area contributed by atoms with Crippen molar-refractivity contribution >= 4 is 35.0 Å². The van der Waals surface area contributed by atoms with E-state index in [2.05, 4.69) is 5.32 Å². The first-order valence-corrected chi connectivity index (χ1v) is 12.9. The molecule has 8 heteroatoms. The number of methoxy groups -OCH3 is 2. The van der Waals surface area contributed by atoms with Crippen molar-refractivity contribution in [3.05, 3.63) is 93.5 Å². The van der Waals surface area contributed by atoms with Crippen LogP contribution in [0, 0.1) is 0 Å². The Kier molecular flexibility index (Phi) is 10.7.